The molecule has 0 N–H and O–H groups in total. The van der Waals surface area contributed by atoms with Crippen LogP contribution in [0.5, 0.6) is 0 Å². The molecule has 24 heavy (non-hydrogen) atoms. The van der Waals surface area contributed by atoms with Crippen molar-refractivity contribution in [2.75, 3.05) is 32.8 Å². The first-order chi connectivity index (χ1) is 11.8. The zero-order chi connectivity index (χ0) is 16.4. The number of urea groups is 1. The monoisotopic (exact) mass is 323 g/mol. The molecular formula is C19H21N3O2. The Morgan fingerprint density at radius 3 is 2.58 bits per heavy atom. The number of hydrogen-bond donors (Lipinski definition) is 0. The summed E-state index contributed by atoms with van der Waals surface area (Å²) in [5, 5.41) is 0. The Bertz CT molecular complexity index is 714. The van der Waals surface area contributed by atoms with Gasteiger partial charge in [-0.05, 0) is 35.2 Å². The highest BCUT2D eigenvalue weighted by atomic mass is 16.5. The number of hydrogen-bond acceptors (Lipinski definition) is 3. The number of rotatable bonds is 1. The quantitative estimate of drug-likeness (QED) is 0.810. The number of morpholine rings is 1. The standard InChI is InChI=1S/C19H21N3O2/c23-19(21-11-13-24-14-12-21)22-10-7-15-3-1-2-4-17(15)18(22)16-5-8-20-9-6-16/h1-6,8-9,18H,7,10-14H2. The fourth-order valence-electron chi connectivity index (χ4n) is 3.61. The SMILES string of the molecule is O=C(N1CCOCC1)N1CCc2ccccc2C1c1ccncc1. The number of carbonyl (C=O) groups is 1. The molecule has 1 saturated heterocycles. The maximum atomic E-state index is 13.1. The fraction of sp³-hybridized carbons (Fsp3) is 0.368. The molecule has 1 aromatic heterocycles. The number of benzene rings is 1. The summed E-state index contributed by atoms with van der Waals surface area (Å²) in [6.45, 7) is 3.31. The van der Waals surface area contributed by atoms with Gasteiger partial charge in [0.2, 0.25) is 0 Å². The summed E-state index contributed by atoms with van der Waals surface area (Å²) in [7, 11) is 0. The van der Waals surface area contributed by atoms with Gasteiger partial charge in [0.15, 0.2) is 0 Å². The normalized spacial score (nSPS) is 20.6. The molecule has 0 saturated carbocycles. The smallest absolute Gasteiger partial charge is 0.320 e. The molecule has 2 aliphatic rings. The van der Waals surface area contributed by atoms with Crippen molar-refractivity contribution in [3.8, 4) is 0 Å². The van der Waals surface area contributed by atoms with E-state index in [1.54, 1.807) is 12.4 Å². The summed E-state index contributed by atoms with van der Waals surface area (Å²) in [5.41, 5.74) is 3.65. The average molecular weight is 323 g/mol. The summed E-state index contributed by atoms with van der Waals surface area (Å²) in [6, 6.07) is 12.5. The van der Waals surface area contributed by atoms with E-state index in [1.165, 1.54) is 11.1 Å². The van der Waals surface area contributed by atoms with Crippen molar-refractivity contribution in [3.05, 3.63) is 65.5 Å². The van der Waals surface area contributed by atoms with Crippen LogP contribution in [0.1, 0.15) is 22.7 Å². The molecule has 2 aliphatic heterocycles. The van der Waals surface area contributed by atoms with E-state index in [4.69, 9.17) is 4.74 Å². The Balaban J connectivity index is 1.71. The molecule has 0 radical (unpaired) electrons. The second-order valence-corrected chi connectivity index (χ2v) is 6.21. The second kappa shape index (κ2) is 6.61. The summed E-state index contributed by atoms with van der Waals surface area (Å²) in [6.07, 6.45) is 4.49. The molecule has 0 aliphatic carbocycles. The molecule has 1 unspecified atom stereocenters. The average Bonchev–Trinajstić information content (AvgIpc) is 2.68. The minimum Gasteiger partial charge on any atom is -0.378 e. The number of amides is 2. The molecule has 124 valence electrons. The summed E-state index contributed by atoms with van der Waals surface area (Å²) in [5.74, 6) is 0. The number of pyridine rings is 1. The van der Waals surface area contributed by atoms with Crippen LogP contribution in [0.2, 0.25) is 0 Å². The first kappa shape index (κ1) is 15.1. The lowest BCUT2D eigenvalue weighted by Gasteiger charge is -2.41. The second-order valence-electron chi connectivity index (χ2n) is 6.21. The Morgan fingerprint density at radius 2 is 1.79 bits per heavy atom. The highest BCUT2D eigenvalue weighted by Crippen LogP contribution is 2.35. The van der Waals surface area contributed by atoms with Crippen LogP contribution in [-0.2, 0) is 11.2 Å². The summed E-state index contributed by atoms with van der Waals surface area (Å²) in [4.78, 5) is 21.2. The highest BCUT2D eigenvalue weighted by molar-refractivity contribution is 5.76. The third-order valence-corrected chi connectivity index (χ3v) is 4.83. The van der Waals surface area contributed by atoms with Gasteiger partial charge in [-0.3, -0.25) is 4.98 Å². The fourth-order valence-corrected chi connectivity index (χ4v) is 3.61. The third kappa shape index (κ3) is 2.76. The van der Waals surface area contributed by atoms with Crippen LogP contribution in [0, 0.1) is 0 Å². The van der Waals surface area contributed by atoms with Crippen molar-refractivity contribution in [2.45, 2.75) is 12.5 Å². The molecular weight excluding hydrogens is 302 g/mol. The molecule has 4 rings (SSSR count). The van der Waals surface area contributed by atoms with Gasteiger partial charge in [-0.1, -0.05) is 24.3 Å². The van der Waals surface area contributed by atoms with E-state index in [2.05, 4.69) is 29.2 Å². The molecule has 0 spiro atoms. The van der Waals surface area contributed by atoms with E-state index in [9.17, 15) is 4.79 Å². The van der Waals surface area contributed by atoms with Gasteiger partial charge in [-0.15, -0.1) is 0 Å². The minimum atomic E-state index is -0.0479. The number of fused-ring (bicyclic) bond motifs is 1. The van der Waals surface area contributed by atoms with Crippen molar-refractivity contribution in [2.24, 2.45) is 0 Å². The zero-order valence-electron chi connectivity index (χ0n) is 13.6. The summed E-state index contributed by atoms with van der Waals surface area (Å²) >= 11 is 0. The first-order valence-corrected chi connectivity index (χ1v) is 8.45. The van der Waals surface area contributed by atoms with Crippen LogP contribution < -0.4 is 0 Å². The summed E-state index contributed by atoms with van der Waals surface area (Å²) < 4.78 is 5.38. The Morgan fingerprint density at radius 1 is 1.04 bits per heavy atom. The Kier molecular flexibility index (Phi) is 4.17. The van der Waals surface area contributed by atoms with E-state index in [-0.39, 0.29) is 12.1 Å². The molecule has 1 atom stereocenters. The number of aromatic nitrogens is 1. The van der Waals surface area contributed by atoms with Crippen molar-refractivity contribution < 1.29 is 9.53 Å². The largest absolute Gasteiger partial charge is 0.378 e. The molecule has 0 bridgehead atoms. The van der Waals surface area contributed by atoms with Gasteiger partial charge in [-0.2, -0.15) is 0 Å². The van der Waals surface area contributed by atoms with Gasteiger partial charge in [0.05, 0.1) is 19.3 Å². The van der Waals surface area contributed by atoms with Crippen LogP contribution in [0.25, 0.3) is 0 Å². The van der Waals surface area contributed by atoms with Gasteiger partial charge >= 0.3 is 6.03 Å². The Hall–Kier alpha value is -2.40. The van der Waals surface area contributed by atoms with E-state index in [0.29, 0.717) is 26.3 Å². The van der Waals surface area contributed by atoms with E-state index in [0.717, 1.165) is 18.5 Å². The highest BCUT2D eigenvalue weighted by Gasteiger charge is 2.34. The van der Waals surface area contributed by atoms with Gasteiger partial charge in [0.1, 0.15) is 0 Å². The van der Waals surface area contributed by atoms with Crippen molar-refractivity contribution in [3.63, 3.8) is 0 Å². The van der Waals surface area contributed by atoms with E-state index >= 15 is 0 Å². The molecule has 5 heteroatoms. The topological polar surface area (TPSA) is 45.7 Å². The van der Waals surface area contributed by atoms with Crippen LogP contribution >= 0.6 is 0 Å². The van der Waals surface area contributed by atoms with Crippen LogP contribution in [0.15, 0.2) is 48.8 Å². The molecule has 1 fully saturated rings. The van der Waals surface area contributed by atoms with E-state index < -0.39 is 0 Å². The first-order valence-electron chi connectivity index (χ1n) is 8.45. The van der Waals surface area contributed by atoms with Crippen molar-refractivity contribution >= 4 is 6.03 Å². The maximum Gasteiger partial charge on any atom is 0.320 e. The van der Waals surface area contributed by atoms with Crippen LogP contribution in [-0.4, -0.2) is 53.7 Å². The van der Waals surface area contributed by atoms with Gasteiger partial charge < -0.3 is 14.5 Å². The molecule has 2 amide bonds. The Labute approximate surface area is 141 Å². The minimum absolute atomic E-state index is 0.0479. The molecule has 5 nitrogen and oxygen atoms in total. The zero-order valence-corrected chi connectivity index (χ0v) is 13.6. The third-order valence-electron chi connectivity index (χ3n) is 4.83. The maximum absolute atomic E-state index is 13.1. The number of carbonyl (C=O) groups excluding carboxylic acids is 1. The van der Waals surface area contributed by atoms with Crippen molar-refractivity contribution in [1.82, 2.24) is 14.8 Å². The van der Waals surface area contributed by atoms with Gasteiger partial charge in [0.25, 0.3) is 0 Å². The van der Waals surface area contributed by atoms with Crippen LogP contribution in [0.3, 0.4) is 0 Å². The molecule has 1 aromatic carbocycles. The predicted octanol–water partition coefficient (Wildman–Crippen LogP) is 2.48. The number of nitrogens with zero attached hydrogens (tertiary/aromatic N) is 3. The van der Waals surface area contributed by atoms with Crippen molar-refractivity contribution in [1.29, 1.82) is 0 Å². The molecule has 3 heterocycles. The van der Waals surface area contributed by atoms with Gasteiger partial charge in [-0.25, -0.2) is 4.79 Å². The van der Waals surface area contributed by atoms with E-state index in [1.807, 2.05) is 21.9 Å². The van der Waals surface area contributed by atoms with Crippen LogP contribution in [0.4, 0.5) is 4.79 Å². The number of ether oxygens (including phenoxy) is 1. The molecule has 2 aromatic rings. The lowest BCUT2D eigenvalue weighted by molar-refractivity contribution is 0.0400. The lowest BCUT2D eigenvalue weighted by Crippen LogP contribution is -2.51. The lowest BCUT2D eigenvalue weighted by atomic mass is 9.89. The van der Waals surface area contributed by atoms with Gasteiger partial charge in [0, 0.05) is 32.0 Å². The predicted molar refractivity (Wildman–Crippen MR) is 90.7 cm³/mol.